The minimum absolute atomic E-state index is 0.264. The highest BCUT2D eigenvalue weighted by atomic mass is 16.5. The summed E-state index contributed by atoms with van der Waals surface area (Å²) in [5.74, 6) is -0.692. The average molecular weight is 321 g/mol. The Kier molecular flexibility index (Phi) is 4.47. The standard InChI is InChI=1S/C18H15N3O3/c1-24-18(23)13-8-6-12(7-9-13)10-20-17(22)16-11-19-14-4-2-3-5-15(14)21-16/h2-9,11H,10H2,1H3,(H,20,22). The number of rotatable bonds is 4. The van der Waals surface area contributed by atoms with Crippen molar-refractivity contribution in [3.63, 3.8) is 0 Å². The summed E-state index contributed by atoms with van der Waals surface area (Å²) in [6.45, 7) is 0.328. The lowest BCUT2D eigenvalue weighted by atomic mass is 10.1. The van der Waals surface area contributed by atoms with Crippen LogP contribution < -0.4 is 5.32 Å². The molecule has 0 atom stereocenters. The topological polar surface area (TPSA) is 81.2 Å². The molecule has 0 spiro atoms. The molecule has 1 amide bonds. The summed E-state index contributed by atoms with van der Waals surface area (Å²) in [4.78, 5) is 32.1. The zero-order chi connectivity index (χ0) is 16.9. The van der Waals surface area contributed by atoms with Gasteiger partial charge in [-0.15, -0.1) is 0 Å². The van der Waals surface area contributed by atoms with E-state index in [0.717, 1.165) is 11.1 Å². The van der Waals surface area contributed by atoms with Crippen LogP contribution in [0, 0.1) is 0 Å². The number of nitrogens with one attached hydrogen (secondary N) is 1. The molecule has 24 heavy (non-hydrogen) atoms. The van der Waals surface area contributed by atoms with Gasteiger partial charge in [0.05, 0.1) is 29.9 Å². The number of amides is 1. The monoisotopic (exact) mass is 321 g/mol. The average Bonchev–Trinajstić information content (AvgIpc) is 2.65. The number of carbonyl (C=O) groups is 2. The maximum absolute atomic E-state index is 12.2. The second-order valence-corrected chi connectivity index (χ2v) is 5.12. The highest BCUT2D eigenvalue weighted by Gasteiger charge is 2.09. The zero-order valence-corrected chi connectivity index (χ0v) is 13.0. The lowest BCUT2D eigenvalue weighted by molar-refractivity contribution is 0.0600. The van der Waals surface area contributed by atoms with E-state index in [9.17, 15) is 9.59 Å². The number of methoxy groups -OCH3 is 1. The first-order chi connectivity index (χ1) is 11.7. The first-order valence-corrected chi connectivity index (χ1v) is 7.34. The van der Waals surface area contributed by atoms with Crippen molar-refractivity contribution in [2.75, 3.05) is 7.11 Å². The molecule has 0 aliphatic rings. The molecule has 6 nitrogen and oxygen atoms in total. The first kappa shape index (κ1) is 15.6. The highest BCUT2D eigenvalue weighted by molar-refractivity contribution is 5.93. The molecular weight excluding hydrogens is 306 g/mol. The molecule has 0 aliphatic heterocycles. The largest absolute Gasteiger partial charge is 0.465 e. The van der Waals surface area contributed by atoms with Gasteiger partial charge in [-0.1, -0.05) is 24.3 Å². The Morgan fingerprint density at radius 1 is 1.04 bits per heavy atom. The quantitative estimate of drug-likeness (QED) is 0.746. The Morgan fingerprint density at radius 2 is 1.75 bits per heavy atom. The van der Waals surface area contributed by atoms with E-state index in [0.29, 0.717) is 17.6 Å². The molecule has 120 valence electrons. The molecule has 0 fully saturated rings. The number of esters is 1. The highest BCUT2D eigenvalue weighted by Crippen LogP contribution is 2.09. The predicted molar refractivity (Wildman–Crippen MR) is 88.5 cm³/mol. The van der Waals surface area contributed by atoms with Crippen molar-refractivity contribution in [3.8, 4) is 0 Å². The molecule has 1 heterocycles. The maximum Gasteiger partial charge on any atom is 0.337 e. The van der Waals surface area contributed by atoms with Crippen molar-refractivity contribution in [1.29, 1.82) is 0 Å². The Morgan fingerprint density at radius 3 is 2.46 bits per heavy atom. The van der Waals surface area contributed by atoms with Gasteiger partial charge in [0.25, 0.3) is 5.91 Å². The molecule has 0 saturated carbocycles. The van der Waals surface area contributed by atoms with E-state index in [2.05, 4.69) is 20.0 Å². The van der Waals surface area contributed by atoms with Crippen LogP contribution in [-0.4, -0.2) is 29.0 Å². The minimum Gasteiger partial charge on any atom is -0.465 e. The number of carbonyl (C=O) groups excluding carboxylic acids is 2. The van der Waals surface area contributed by atoms with E-state index in [-0.39, 0.29) is 11.6 Å². The van der Waals surface area contributed by atoms with E-state index in [4.69, 9.17) is 0 Å². The number of para-hydroxylation sites is 2. The van der Waals surface area contributed by atoms with Crippen molar-refractivity contribution in [1.82, 2.24) is 15.3 Å². The summed E-state index contributed by atoms with van der Waals surface area (Å²) in [6.07, 6.45) is 1.46. The zero-order valence-electron chi connectivity index (χ0n) is 13.0. The Balaban J connectivity index is 1.67. The van der Waals surface area contributed by atoms with Crippen LogP contribution in [0.15, 0.2) is 54.7 Å². The van der Waals surface area contributed by atoms with Crippen molar-refractivity contribution in [2.45, 2.75) is 6.54 Å². The van der Waals surface area contributed by atoms with Crippen LogP contribution in [0.4, 0.5) is 0 Å². The van der Waals surface area contributed by atoms with Crippen molar-refractivity contribution >= 4 is 22.9 Å². The van der Waals surface area contributed by atoms with Gasteiger partial charge in [-0.05, 0) is 29.8 Å². The molecule has 0 bridgehead atoms. The van der Waals surface area contributed by atoms with E-state index in [1.165, 1.54) is 13.3 Å². The summed E-state index contributed by atoms with van der Waals surface area (Å²) in [5, 5.41) is 2.78. The van der Waals surface area contributed by atoms with Gasteiger partial charge in [0.15, 0.2) is 0 Å². The predicted octanol–water partition coefficient (Wildman–Crippen LogP) is 2.35. The van der Waals surface area contributed by atoms with Gasteiger partial charge >= 0.3 is 5.97 Å². The summed E-state index contributed by atoms with van der Waals surface area (Å²) >= 11 is 0. The third-order valence-electron chi connectivity index (χ3n) is 3.51. The third-order valence-corrected chi connectivity index (χ3v) is 3.51. The molecule has 1 N–H and O–H groups in total. The SMILES string of the molecule is COC(=O)c1ccc(CNC(=O)c2cnc3ccccc3n2)cc1. The van der Waals surface area contributed by atoms with Crippen LogP contribution in [0.5, 0.6) is 0 Å². The summed E-state index contributed by atoms with van der Waals surface area (Å²) in [6, 6.07) is 14.2. The van der Waals surface area contributed by atoms with Gasteiger partial charge in [0.2, 0.25) is 0 Å². The fourth-order valence-corrected chi connectivity index (χ4v) is 2.22. The third kappa shape index (κ3) is 3.38. The Bertz CT molecular complexity index is 891. The molecule has 0 unspecified atom stereocenters. The molecule has 6 heteroatoms. The van der Waals surface area contributed by atoms with Crippen molar-refractivity contribution in [2.24, 2.45) is 0 Å². The number of nitrogens with zero attached hydrogens (tertiary/aromatic N) is 2. The lowest BCUT2D eigenvalue weighted by Crippen LogP contribution is -2.24. The van der Waals surface area contributed by atoms with Crippen molar-refractivity contribution < 1.29 is 14.3 Å². The lowest BCUT2D eigenvalue weighted by Gasteiger charge is -2.06. The molecule has 0 radical (unpaired) electrons. The van der Waals surface area contributed by atoms with Crippen molar-refractivity contribution in [3.05, 3.63) is 71.5 Å². The number of aromatic nitrogens is 2. The van der Waals surface area contributed by atoms with Gasteiger partial charge in [-0.3, -0.25) is 9.78 Å². The Labute approximate surface area is 138 Å². The molecular formula is C18H15N3O3. The molecule has 1 aromatic heterocycles. The van der Waals surface area contributed by atoms with Crippen LogP contribution in [0.25, 0.3) is 11.0 Å². The summed E-state index contributed by atoms with van der Waals surface area (Å²) < 4.78 is 4.64. The molecule has 3 aromatic rings. The summed E-state index contributed by atoms with van der Waals surface area (Å²) in [5.41, 5.74) is 3.01. The molecule has 2 aromatic carbocycles. The fraction of sp³-hybridized carbons (Fsp3) is 0.111. The van der Waals surface area contributed by atoms with E-state index >= 15 is 0 Å². The summed E-state index contributed by atoms with van der Waals surface area (Å²) in [7, 11) is 1.33. The van der Waals surface area contributed by atoms with E-state index in [1.807, 2.05) is 24.3 Å². The number of hydrogen-bond acceptors (Lipinski definition) is 5. The van der Waals surface area contributed by atoms with Crippen LogP contribution in [0.2, 0.25) is 0 Å². The maximum atomic E-state index is 12.2. The van der Waals surface area contributed by atoms with Gasteiger partial charge in [0, 0.05) is 6.54 Å². The number of hydrogen-bond donors (Lipinski definition) is 1. The van der Waals surface area contributed by atoms with Crippen LogP contribution in [0.3, 0.4) is 0 Å². The Hall–Kier alpha value is -3.28. The van der Waals surface area contributed by atoms with E-state index < -0.39 is 5.97 Å². The van der Waals surface area contributed by atoms with E-state index in [1.54, 1.807) is 24.3 Å². The van der Waals surface area contributed by atoms with Crippen LogP contribution >= 0.6 is 0 Å². The molecule has 0 saturated heterocycles. The van der Waals surface area contributed by atoms with Gasteiger partial charge in [-0.2, -0.15) is 0 Å². The number of fused-ring (bicyclic) bond motifs is 1. The molecule has 0 aliphatic carbocycles. The van der Waals surface area contributed by atoms with Gasteiger partial charge in [-0.25, -0.2) is 9.78 Å². The fourth-order valence-electron chi connectivity index (χ4n) is 2.22. The smallest absolute Gasteiger partial charge is 0.337 e. The molecule has 3 rings (SSSR count). The minimum atomic E-state index is -0.392. The normalized spacial score (nSPS) is 10.4. The van der Waals surface area contributed by atoms with Crippen LogP contribution in [-0.2, 0) is 11.3 Å². The van der Waals surface area contributed by atoms with Crippen LogP contribution in [0.1, 0.15) is 26.4 Å². The van der Waals surface area contributed by atoms with Gasteiger partial charge < -0.3 is 10.1 Å². The second kappa shape index (κ2) is 6.87. The first-order valence-electron chi connectivity index (χ1n) is 7.34. The number of benzene rings is 2. The van der Waals surface area contributed by atoms with Gasteiger partial charge in [0.1, 0.15) is 5.69 Å². The number of ether oxygens (including phenoxy) is 1. The second-order valence-electron chi connectivity index (χ2n) is 5.12.